The van der Waals surface area contributed by atoms with Gasteiger partial charge in [0.05, 0.1) is 24.5 Å². The lowest BCUT2D eigenvalue weighted by atomic mass is 9.94. The Hall–Kier alpha value is -4.07. The molecule has 3 heterocycles. The van der Waals surface area contributed by atoms with Gasteiger partial charge >= 0.3 is 0 Å². The van der Waals surface area contributed by atoms with Gasteiger partial charge in [0, 0.05) is 37.5 Å². The highest BCUT2D eigenvalue weighted by Gasteiger charge is 2.45. The average Bonchev–Trinajstić information content (AvgIpc) is 3.63. The molecule has 2 aliphatic heterocycles. The van der Waals surface area contributed by atoms with Crippen molar-refractivity contribution in [3.8, 4) is 11.5 Å². The zero-order chi connectivity index (χ0) is 26.6. The van der Waals surface area contributed by atoms with E-state index in [9.17, 15) is 14.7 Å². The number of Topliss-reactive ketones (excluding diaryl/α,β-unsaturated/α-hetero) is 1. The molecule has 2 atom stereocenters. The molecular weight excluding hydrogens is 482 g/mol. The van der Waals surface area contributed by atoms with Crippen LogP contribution >= 0.6 is 0 Å². The number of amides is 1. The molecule has 1 saturated heterocycles. The van der Waals surface area contributed by atoms with Crippen molar-refractivity contribution in [2.45, 2.75) is 58.2 Å². The monoisotopic (exact) mass is 515 g/mol. The van der Waals surface area contributed by atoms with Crippen molar-refractivity contribution in [3.63, 3.8) is 0 Å². The predicted molar refractivity (Wildman–Crippen MR) is 143 cm³/mol. The predicted octanol–water partition coefficient (Wildman–Crippen LogP) is 4.90. The molecular formula is C30H33N3O5. The number of carbonyl (C=O) groups is 2. The molecule has 1 N–H and O–H groups in total. The number of ether oxygens (including phenoxy) is 2. The van der Waals surface area contributed by atoms with E-state index in [1.807, 2.05) is 54.1 Å². The van der Waals surface area contributed by atoms with Gasteiger partial charge < -0.3 is 24.0 Å². The first-order chi connectivity index (χ1) is 18.5. The molecule has 1 amide bonds. The lowest BCUT2D eigenvalue weighted by Crippen LogP contribution is -2.31. The van der Waals surface area contributed by atoms with Crippen LogP contribution in [-0.2, 0) is 22.6 Å². The molecule has 0 radical (unpaired) electrons. The summed E-state index contributed by atoms with van der Waals surface area (Å²) in [6.07, 6.45) is 8.71. The Morgan fingerprint density at radius 3 is 2.68 bits per heavy atom. The number of aryl methyl sites for hydroxylation is 1. The number of imidazole rings is 1. The molecule has 3 aromatic rings. The summed E-state index contributed by atoms with van der Waals surface area (Å²) < 4.78 is 13.5. The topological polar surface area (TPSA) is 93.9 Å². The van der Waals surface area contributed by atoms with Crippen molar-refractivity contribution in [2.75, 3.05) is 13.2 Å². The molecule has 2 aliphatic rings. The van der Waals surface area contributed by atoms with Crippen LogP contribution in [0.3, 0.4) is 0 Å². The third-order valence-electron chi connectivity index (χ3n) is 7.05. The zero-order valence-electron chi connectivity index (χ0n) is 21.8. The van der Waals surface area contributed by atoms with Gasteiger partial charge in [0.15, 0.2) is 0 Å². The van der Waals surface area contributed by atoms with Crippen molar-refractivity contribution in [3.05, 3.63) is 83.4 Å². The first-order valence-electron chi connectivity index (χ1n) is 13.2. The van der Waals surface area contributed by atoms with Gasteiger partial charge in [-0.1, -0.05) is 25.5 Å². The van der Waals surface area contributed by atoms with Gasteiger partial charge in [0.25, 0.3) is 11.7 Å². The van der Waals surface area contributed by atoms with E-state index >= 15 is 0 Å². The number of carbonyl (C=O) groups excluding carboxylic acids is 2. The number of hydrogen-bond acceptors (Lipinski definition) is 6. The third-order valence-corrected chi connectivity index (χ3v) is 7.05. The van der Waals surface area contributed by atoms with Crippen LogP contribution in [0.4, 0.5) is 0 Å². The summed E-state index contributed by atoms with van der Waals surface area (Å²) >= 11 is 0. The van der Waals surface area contributed by atoms with E-state index in [-0.39, 0.29) is 17.4 Å². The van der Waals surface area contributed by atoms with E-state index in [0.29, 0.717) is 31.7 Å². The summed E-state index contributed by atoms with van der Waals surface area (Å²) in [5.41, 5.74) is 2.32. The number of ketones is 1. The molecule has 2 unspecified atom stereocenters. The highest BCUT2D eigenvalue weighted by molar-refractivity contribution is 6.46. The molecule has 0 saturated carbocycles. The highest BCUT2D eigenvalue weighted by atomic mass is 16.5. The maximum Gasteiger partial charge on any atom is 0.295 e. The van der Waals surface area contributed by atoms with Crippen molar-refractivity contribution in [2.24, 2.45) is 0 Å². The lowest BCUT2D eigenvalue weighted by Gasteiger charge is -2.25. The van der Waals surface area contributed by atoms with Crippen LogP contribution in [0.1, 0.15) is 55.8 Å². The highest BCUT2D eigenvalue weighted by Crippen LogP contribution is 2.41. The smallest absolute Gasteiger partial charge is 0.295 e. The second-order valence-corrected chi connectivity index (χ2v) is 9.87. The summed E-state index contributed by atoms with van der Waals surface area (Å²) in [6.45, 7) is 5.74. The maximum atomic E-state index is 13.4. The molecule has 0 spiro atoms. The fraction of sp³-hybridized carbons (Fsp3) is 0.367. The third kappa shape index (κ3) is 5.16. The van der Waals surface area contributed by atoms with Crippen LogP contribution in [-0.4, -0.2) is 50.5 Å². The minimum Gasteiger partial charge on any atom is -0.507 e. The number of fused-ring (bicyclic) bond motifs is 1. The number of benzene rings is 2. The molecule has 2 aromatic carbocycles. The van der Waals surface area contributed by atoms with E-state index < -0.39 is 17.7 Å². The van der Waals surface area contributed by atoms with Gasteiger partial charge in [-0.3, -0.25) is 9.59 Å². The SMILES string of the molecule is CCCCOc1ccc(C2C(=C(O)c3ccc4c(c3)CC(C)O4)C(=O)C(=O)N2CCCn2ccnc2)cc1. The molecule has 38 heavy (non-hydrogen) atoms. The lowest BCUT2D eigenvalue weighted by molar-refractivity contribution is -0.139. The number of rotatable bonds is 10. The standard InChI is InChI=1S/C30H33N3O5/c1-3-4-16-37-24-9-6-21(7-10-24)27-26(28(34)22-8-11-25-23(18-22)17-20(2)38-25)29(35)30(36)33(27)14-5-13-32-15-12-31-19-32/h6-12,15,18-20,27,34H,3-5,13-14,16-17H2,1-2H3. The Morgan fingerprint density at radius 1 is 1.13 bits per heavy atom. The van der Waals surface area contributed by atoms with Crippen LogP contribution in [0.25, 0.3) is 5.76 Å². The molecule has 198 valence electrons. The molecule has 5 rings (SSSR count). The number of nitrogens with zero attached hydrogens (tertiary/aromatic N) is 3. The number of aromatic nitrogens is 2. The van der Waals surface area contributed by atoms with E-state index in [4.69, 9.17) is 9.47 Å². The minimum atomic E-state index is -0.703. The second-order valence-electron chi connectivity index (χ2n) is 9.87. The van der Waals surface area contributed by atoms with Crippen molar-refractivity contribution < 1.29 is 24.2 Å². The maximum absolute atomic E-state index is 13.4. The van der Waals surface area contributed by atoms with Gasteiger partial charge in [-0.2, -0.15) is 0 Å². The number of unbranched alkanes of at least 4 members (excludes halogenated alkanes) is 1. The Kier molecular flexibility index (Phi) is 7.49. The van der Waals surface area contributed by atoms with E-state index in [1.54, 1.807) is 23.5 Å². The largest absolute Gasteiger partial charge is 0.507 e. The van der Waals surface area contributed by atoms with Gasteiger partial charge in [-0.15, -0.1) is 0 Å². The van der Waals surface area contributed by atoms with Crippen molar-refractivity contribution in [1.82, 2.24) is 14.5 Å². The van der Waals surface area contributed by atoms with E-state index in [0.717, 1.165) is 41.9 Å². The first-order valence-corrected chi connectivity index (χ1v) is 13.2. The Labute approximate surface area is 222 Å². The average molecular weight is 516 g/mol. The molecule has 0 aliphatic carbocycles. The number of aliphatic hydroxyl groups is 1. The van der Waals surface area contributed by atoms with Gasteiger partial charge in [-0.05, 0) is 61.2 Å². The molecule has 1 fully saturated rings. The van der Waals surface area contributed by atoms with E-state index in [1.165, 1.54) is 0 Å². The molecule has 8 nitrogen and oxygen atoms in total. The molecule has 0 bridgehead atoms. The van der Waals surface area contributed by atoms with Gasteiger partial charge in [0.2, 0.25) is 0 Å². The summed E-state index contributed by atoms with van der Waals surface area (Å²) in [6, 6.07) is 12.1. The number of aliphatic hydroxyl groups excluding tert-OH is 1. The van der Waals surface area contributed by atoms with Crippen molar-refractivity contribution in [1.29, 1.82) is 0 Å². The number of likely N-dealkylation sites (tertiary alicyclic amines) is 1. The Bertz CT molecular complexity index is 1330. The fourth-order valence-corrected chi connectivity index (χ4v) is 5.11. The van der Waals surface area contributed by atoms with Gasteiger partial charge in [0.1, 0.15) is 23.4 Å². The second kappa shape index (κ2) is 11.1. The summed E-state index contributed by atoms with van der Waals surface area (Å²) in [7, 11) is 0. The van der Waals surface area contributed by atoms with Crippen molar-refractivity contribution >= 4 is 17.4 Å². The van der Waals surface area contributed by atoms with Gasteiger partial charge in [-0.25, -0.2) is 4.98 Å². The molecule has 8 heteroatoms. The normalized spacial score (nSPS) is 20.0. The van der Waals surface area contributed by atoms with Crippen LogP contribution < -0.4 is 9.47 Å². The molecule has 1 aromatic heterocycles. The summed E-state index contributed by atoms with van der Waals surface area (Å²) in [5.74, 6) is 0.0550. The van der Waals surface area contributed by atoms with Crippen LogP contribution in [0.5, 0.6) is 11.5 Å². The van der Waals surface area contributed by atoms with E-state index in [2.05, 4.69) is 11.9 Å². The number of hydrogen-bond donors (Lipinski definition) is 1. The van der Waals surface area contributed by atoms with Crippen LogP contribution in [0.15, 0.2) is 66.8 Å². The fourth-order valence-electron chi connectivity index (χ4n) is 5.11. The Morgan fingerprint density at radius 2 is 1.95 bits per heavy atom. The van der Waals surface area contributed by atoms with Crippen LogP contribution in [0, 0.1) is 0 Å². The minimum absolute atomic E-state index is 0.0570. The first kappa shape index (κ1) is 25.6. The quantitative estimate of drug-likeness (QED) is 0.179. The summed E-state index contributed by atoms with van der Waals surface area (Å²) in [4.78, 5) is 32.3. The zero-order valence-corrected chi connectivity index (χ0v) is 21.8. The summed E-state index contributed by atoms with van der Waals surface area (Å²) in [5, 5.41) is 11.4. The Balaban J connectivity index is 1.48. The van der Waals surface area contributed by atoms with Crippen LogP contribution in [0.2, 0.25) is 0 Å².